The van der Waals surface area contributed by atoms with Crippen LogP contribution in [0.4, 0.5) is 4.39 Å². The molecule has 148 valence electrons. The Labute approximate surface area is 159 Å². The number of piperidine rings is 1. The lowest BCUT2D eigenvalue weighted by Crippen LogP contribution is -2.41. The number of nitrogens with zero attached hydrogens (tertiary/aromatic N) is 2. The Bertz CT molecular complexity index is 669. The topological polar surface area (TPSA) is 64.0 Å². The molecule has 3 fully saturated rings. The van der Waals surface area contributed by atoms with Gasteiger partial charge in [0.25, 0.3) is 0 Å². The lowest BCUT2D eigenvalue weighted by atomic mass is 9.94. The second-order valence-corrected chi connectivity index (χ2v) is 8.53. The van der Waals surface area contributed by atoms with Crippen molar-refractivity contribution in [1.82, 2.24) is 9.80 Å². The van der Waals surface area contributed by atoms with E-state index in [1.807, 2.05) is 4.90 Å². The average Bonchev–Trinajstić information content (AvgIpc) is 3.38. The molecule has 2 N–H and O–H groups in total. The Morgan fingerprint density at radius 1 is 1.11 bits per heavy atom. The SMILES string of the molecule is O=C(N1C[C@@H](CN2CCC(O)CC2)[C@@H](CO)C1)C1(c2ccc(F)cc2)CC1. The maximum absolute atomic E-state index is 13.3. The fourth-order valence-electron chi connectivity index (χ4n) is 4.77. The predicted octanol–water partition coefficient (Wildman–Crippen LogP) is 1.38. The number of hydrogen-bond donors (Lipinski definition) is 2. The highest BCUT2D eigenvalue weighted by Crippen LogP contribution is 2.50. The van der Waals surface area contributed by atoms with E-state index in [9.17, 15) is 19.4 Å². The molecule has 3 aliphatic rings. The van der Waals surface area contributed by atoms with Gasteiger partial charge in [-0.25, -0.2) is 4.39 Å². The Kier molecular flexibility index (Phi) is 5.23. The van der Waals surface area contributed by atoms with Crippen molar-refractivity contribution in [2.45, 2.75) is 37.2 Å². The zero-order chi connectivity index (χ0) is 19.0. The number of likely N-dealkylation sites (tertiary alicyclic amines) is 2. The number of hydrogen-bond acceptors (Lipinski definition) is 4. The van der Waals surface area contributed by atoms with Crippen LogP contribution in [0.3, 0.4) is 0 Å². The summed E-state index contributed by atoms with van der Waals surface area (Å²) < 4.78 is 13.2. The molecular weight excluding hydrogens is 347 g/mol. The number of benzene rings is 1. The van der Waals surface area contributed by atoms with Gasteiger partial charge in [-0.1, -0.05) is 12.1 Å². The lowest BCUT2D eigenvalue weighted by Gasteiger charge is -2.32. The van der Waals surface area contributed by atoms with Gasteiger partial charge >= 0.3 is 0 Å². The Balaban J connectivity index is 1.42. The highest BCUT2D eigenvalue weighted by Gasteiger charge is 2.54. The third-order valence-corrected chi connectivity index (χ3v) is 6.70. The molecule has 1 aliphatic carbocycles. The number of aliphatic hydroxyl groups is 2. The minimum Gasteiger partial charge on any atom is -0.396 e. The van der Waals surface area contributed by atoms with Gasteiger partial charge in [-0.2, -0.15) is 0 Å². The molecule has 2 aliphatic heterocycles. The van der Waals surface area contributed by atoms with E-state index in [0.717, 1.165) is 50.9 Å². The summed E-state index contributed by atoms with van der Waals surface area (Å²) in [5.41, 5.74) is 0.417. The molecule has 27 heavy (non-hydrogen) atoms. The van der Waals surface area contributed by atoms with E-state index in [1.165, 1.54) is 12.1 Å². The lowest BCUT2D eigenvalue weighted by molar-refractivity contribution is -0.133. The molecule has 1 aromatic carbocycles. The molecule has 0 unspecified atom stereocenters. The van der Waals surface area contributed by atoms with Crippen molar-refractivity contribution in [3.05, 3.63) is 35.6 Å². The molecule has 0 spiro atoms. The first kappa shape index (κ1) is 18.8. The van der Waals surface area contributed by atoms with Gasteiger partial charge in [0, 0.05) is 45.2 Å². The van der Waals surface area contributed by atoms with Gasteiger partial charge in [0.05, 0.1) is 11.5 Å². The summed E-state index contributed by atoms with van der Waals surface area (Å²) in [7, 11) is 0. The van der Waals surface area contributed by atoms with Gasteiger partial charge in [-0.3, -0.25) is 4.79 Å². The largest absolute Gasteiger partial charge is 0.396 e. The number of carbonyl (C=O) groups excluding carboxylic acids is 1. The summed E-state index contributed by atoms with van der Waals surface area (Å²) in [6, 6.07) is 6.32. The van der Waals surface area contributed by atoms with Crippen LogP contribution in [-0.4, -0.2) is 71.4 Å². The fourth-order valence-corrected chi connectivity index (χ4v) is 4.77. The highest BCUT2D eigenvalue weighted by atomic mass is 19.1. The van der Waals surface area contributed by atoms with Gasteiger partial charge in [-0.05, 0) is 49.3 Å². The van der Waals surface area contributed by atoms with Crippen LogP contribution >= 0.6 is 0 Å². The second kappa shape index (κ2) is 7.49. The van der Waals surface area contributed by atoms with Crippen molar-refractivity contribution in [1.29, 1.82) is 0 Å². The number of rotatable bonds is 5. The van der Waals surface area contributed by atoms with Crippen molar-refractivity contribution in [2.24, 2.45) is 11.8 Å². The van der Waals surface area contributed by atoms with Crippen LogP contribution in [0.15, 0.2) is 24.3 Å². The second-order valence-electron chi connectivity index (χ2n) is 8.53. The van der Waals surface area contributed by atoms with E-state index in [4.69, 9.17) is 0 Å². The quantitative estimate of drug-likeness (QED) is 0.815. The normalized spacial score (nSPS) is 28.5. The first-order valence-electron chi connectivity index (χ1n) is 10.1. The van der Waals surface area contributed by atoms with E-state index in [-0.39, 0.29) is 36.3 Å². The molecule has 5 nitrogen and oxygen atoms in total. The molecule has 6 heteroatoms. The van der Waals surface area contributed by atoms with Crippen LogP contribution in [-0.2, 0) is 10.2 Å². The number of halogens is 1. The maximum atomic E-state index is 13.3. The first-order valence-corrected chi connectivity index (χ1v) is 10.1. The van der Waals surface area contributed by atoms with Crippen LogP contribution in [0.5, 0.6) is 0 Å². The van der Waals surface area contributed by atoms with E-state index in [2.05, 4.69) is 4.90 Å². The highest BCUT2D eigenvalue weighted by molar-refractivity contribution is 5.91. The van der Waals surface area contributed by atoms with Crippen molar-refractivity contribution >= 4 is 5.91 Å². The minimum absolute atomic E-state index is 0.0917. The molecule has 4 rings (SSSR count). The average molecular weight is 376 g/mol. The van der Waals surface area contributed by atoms with Crippen LogP contribution < -0.4 is 0 Å². The summed E-state index contributed by atoms with van der Waals surface area (Å²) in [5.74, 6) is 0.211. The molecule has 0 radical (unpaired) electrons. The Morgan fingerprint density at radius 3 is 2.33 bits per heavy atom. The monoisotopic (exact) mass is 376 g/mol. The summed E-state index contributed by atoms with van der Waals surface area (Å²) in [6.45, 7) is 3.98. The van der Waals surface area contributed by atoms with Crippen LogP contribution in [0.1, 0.15) is 31.2 Å². The smallest absolute Gasteiger partial charge is 0.233 e. The van der Waals surface area contributed by atoms with Crippen LogP contribution in [0.2, 0.25) is 0 Å². The summed E-state index contributed by atoms with van der Waals surface area (Å²) in [6.07, 6.45) is 3.03. The Hall–Kier alpha value is -1.50. The molecule has 2 heterocycles. The van der Waals surface area contributed by atoms with Gasteiger partial charge in [0.15, 0.2) is 0 Å². The van der Waals surface area contributed by atoms with Gasteiger partial charge in [0.1, 0.15) is 5.82 Å². The zero-order valence-electron chi connectivity index (χ0n) is 15.7. The molecule has 2 saturated heterocycles. The van der Waals surface area contributed by atoms with Crippen LogP contribution in [0.25, 0.3) is 0 Å². The molecular formula is C21H29FN2O3. The standard InChI is InChI=1S/C21H29FN2O3/c22-18-3-1-17(2-4-18)21(7-8-21)20(27)24-12-15(16(13-24)14-25)11-23-9-5-19(26)6-10-23/h1-4,15-16,19,25-26H,5-14H2/t15-,16-/m1/s1. The van der Waals surface area contributed by atoms with E-state index in [0.29, 0.717) is 13.1 Å². The van der Waals surface area contributed by atoms with E-state index >= 15 is 0 Å². The van der Waals surface area contributed by atoms with Crippen molar-refractivity contribution in [3.63, 3.8) is 0 Å². The summed E-state index contributed by atoms with van der Waals surface area (Å²) in [4.78, 5) is 17.5. The zero-order valence-corrected chi connectivity index (χ0v) is 15.7. The maximum Gasteiger partial charge on any atom is 0.233 e. The fraction of sp³-hybridized carbons (Fsp3) is 0.667. The molecule has 1 amide bonds. The molecule has 1 saturated carbocycles. The Morgan fingerprint density at radius 2 is 1.74 bits per heavy atom. The van der Waals surface area contributed by atoms with Crippen LogP contribution in [0, 0.1) is 17.7 Å². The number of aliphatic hydroxyl groups excluding tert-OH is 2. The van der Waals surface area contributed by atoms with E-state index in [1.54, 1.807) is 12.1 Å². The molecule has 0 bridgehead atoms. The predicted molar refractivity (Wildman–Crippen MR) is 99.6 cm³/mol. The molecule has 0 aromatic heterocycles. The number of amides is 1. The van der Waals surface area contributed by atoms with Gasteiger partial charge in [-0.15, -0.1) is 0 Å². The first-order chi connectivity index (χ1) is 13.0. The van der Waals surface area contributed by atoms with Crippen molar-refractivity contribution < 1.29 is 19.4 Å². The molecule has 2 atom stereocenters. The summed E-state index contributed by atoms with van der Waals surface area (Å²) >= 11 is 0. The van der Waals surface area contributed by atoms with E-state index < -0.39 is 5.41 Å². The van der Waals surface area contributed by atoms with Gasteiger partial charge in [0.2, 0.25) is 5.91 Å². The third kappa shape index (κ3) is 3.75. The minimum atomic E-state index is -0.488. The summed E-state index contributed by atoms with van der Waals surface area (Å²) in [5, 5.41) is 19.5. The van der Waals surface area contributed by atoms with Crippen molar-refractivity contribution in [3.8, 4) is 0 Å². The van der Waals surface area contributed by atoms with Crippen molar-refractivity contribution in [2.75, 3.05) is 39.3 Å². The number of carbonyl (C=O) groups is 1. The van der Waals surface area contributed by atoms with Gasteiger partial charge < -0.3 is 20.0 Å². The molecule has 1 aromatic rings. The third-order valence-electron chi connectivity index (χ3n) is 6.70.